The lowest BCUT2D eigenvalue weighted by Gasteiger charge is -2.34. The van der Waals surface area contributed by atoms with E-state index in [0.29, 0.717) is 65.3 Å². The Morgan fingerprint density at radius 1 is 0.744 bits per heavy atom. The van der Waals surface area contributed by atoms with Crippen molar-refractivity contribution < 1.29 is 28.5 Å². The topological polar surface area (TPSA) is 77.5 Å². The molecular weight excluding hydrogens is 520 g/mol. The largest absolute Gasteiger partial charge is 0.497 e. The minimum absolute atomic E-state index is 0.160. The zero-order valence-electron chi connectivity index (χ0n) is 22.4. The SMILES string of the molecule is COc1cccc(C(=CC(=O)N2CCN(C(=O)c3cc(OC)c(OC)c(OC)c3)CC2)c2ccccc2Cl)c1. The summed E-state index contributed by atoms with van der Waals surface area (Å²) in [5, 5.41) is 0.542. The number of methoxy groups -OCH3 is 4. The second-order valence-electron chi connectivity index (χ2n) is 8.80. The number of halogens is 1. The molecule has 9 heteroatoms. The van der Waals surface area contributed by atoms with E-state index in [9.17, 15) is 9.59 Å². The zero-order chi connectivity index (χ0) is 27.9. The fourth-order valence-electron chi connectivity index (χ4n) is 4.52. The number of hydrogen-bond donors (Lipinski definition) is 0. The number of hydrogen-bond acceptors (Lipinski definition) is 6. The van der Waals surface area contributed by atoms with E-state index in [1.807, 2.05) is 42.5 Å². The fraction of sp³-hybridized carbons (Fsp3) is 0.267. The molecule has 1 saturated heterocycles. The van der Waals surface area contributed by atoms with Gasteiger partial charge in [-0.05, 0) is 41.5 Å². The van der Waals surface area contributed by atoms with E-state index in [1.54, 1.807) is 41.2 Å². The Morgan fingerprint density at radius 2 is 1.38 bits per heavy atom. The number of rotatable bonds is 8. The highest BCUT2D eigenvalue weighted by atomic mass is 35.5. The molecule has 0 radical (unpaired) electrons. The molecule has 4 rings (SSSR count). The van der Waals surface area contributed by atoms with Crippen LogP contribution in [-0.2, 0) is 4.79 Å². The quantitative estimate of drug-likeness (QED) is 0.375. The Balaban J connectivity index is 1.54. The normalized spacial score (nSPS) is 13.6. The monoisotopic (exact) mass is 550 g/mol. The van der Waals surface area contributed by atoms with Crippen molar-refractivity contribution in [2.45, 2.75) is 0 Å². The van der Waals surface area contributed by atoms with Crippen LogP contribution in [0.15, 0.2) is 66.7 Å². The number of ether oxygens (including phenoxy) is 4. The van der Waals surface area contributed by atoms with Gasteiger partial charge in [0.2, 0.25) is 11.7 Å². The van der Waals surface area contributed by atoms with Crippen molar-refractivity contribution in [3.05, 3.63) is 88.5 Å². The molecule has 204 valence electrons. The summed E-state index contributed by atoms with van der Waals surface area (Å²) in [4.78, 5) is 30.2. The van der Waals surface area contributed by atoms with Crippen LogP contribution in [0.2, 0.25) is 5.02 Å². The van der Waals surface area contributed by atoms with Gasteiger partial charge in [-0.25, -0.2) is 0 Å². The smallest absolute Gasteiger partial charge is 0.254 e. The van der Waals surface area contributed by atoms with Gasteiger partial charge in [0.25, 0.3) is 5.91 Å². The van der Waals surface area contributed by atoms with Crippen molar-refractivity contribution in [2.24, 2.45) is 0 Å². The van der Waals surface area contributed by atoms with E-state index in [2.05, 4.69) is 0 Å². The summed E-state index contributed by atoms with van der Waals surface area (Å²) in [7, 11) is 6.12. The van der Waals surface area contributed by atoms with Crippen LogP contribution in [0.5, 0.6) is 23.0 Å². The summed E-state index contributed by atoms with van der Waals surface area (Å²) < 4.78 is 21.5. The maximum absolute atomic E-state index is 13.4. The van der Waals surface area contributed by atoms with Gasteiger partial charge < -0.3 is 28.7 Å². The summed E-state index contributed by atoms with van der Waals surface area (Å²) in [6.45, 7) is 1.55. The van der Waals surface area contributed by atoms with Crippen molar-refractivity contribution >= 4 is 29.0 Å². The Hall–Kier alpha value is -4.17. The summed E-state index contributed by atoms with van der Waals surface area (Å²) in [5.74, 6) is 1.58. The Morgan fingerprint density at radius 3 is 1.97 bits per heavy atom. The van der Waals surface area contributed by atoms with E-state index < -0.39 is 0 Å². The summed E-state index contributed by atoms with van der Waals surface area (Å²) in [5.41, 5.74) is 2.67. The fourth-order valence-corrected chi connectivity index (χ4v) is 4.76. The second kappa shape index (κ2) is 12.6. The molecule has 1 fully saturated rings. The first-order valence-corrected chi connectivity index (χ1v) is 12.8. The lowest BCUT2D eigenvalue weighted by molar-refractivity contribution is -0.127. The van der Waals surface area contributed by atoms with E-state index in [0.717, 1.165) is 11.1 Å². The van der Waals surface area contributed by atoms with Crippen molar-refractivity contribution in [1.82, 2.24) is 9.80 Å². The molecule has 3 aromatic rings. The van der Waals surface area contributed by atoms with Crippen LogP contribution in [-0.4, -0.2) is 76.2 Å². The van der Waals surface area contributed by atoms with E-state index >= 15 is 0 Å². The van der Waals surface area contributed by atoms with Gasteiger partial charge in [0, 0.05) is 48.4 Å². The first-order chi connectivity index (χ1) is 18.9. The molecule has 1 heterocycles. The van der Waals surface area contributed by atoms with Gasteiger partial charge in [0.15, 0.2) is 11.5 Å². The molecule has 39 heavy (non-hydrogen) atoms. The number of benzene rings is 3. The van der Waals surface area contributed by atoms with Crippen LogP contribution in [0.3, 0.4) is 0 Å². The minimum Gasteiger partial charge on any atom is -0.497 e. The molecule has 0 aliphatic carbocycles. The predicted molar refractivity (Wildman–Crippen MR) is 150 cm³/mol. The minimum atomic E-state index is -0.176. The third-order valence-electron chi connectivity index (χ3n) is 6.60. The van der Waals surface area contributed by atoms with Crippen LogP contribution in [0.1, 0.15) is 21.5 Å². The van der Waals surface area contributed by atoms with E-state index in [-0.39, 0.29) is 11.8 Å². The van der Waals surface area contributed by atoms with Gasteiger partial charge in [0.05, 0.1) is 28.4 Å². The molecule has 3 aromatic carbocycles. The second-order valence-corrected chi connectivity index (χ2v) is 9.21. The zero-order valence-corrected chi connectivity index (χ0v) is 23.2. The molecule has 0 aromatic heterocycles. The summed E-state index contributed by atoms with van der Waals surface area (Å²) >= 11 is 6.52. The number of amides is 2. The Bertz CT molecular complexity index is 1360. The summed E-state index contributed by atoms with van der Waals surface area (Å²) in [6, 6.07) is 18.2. The van der Waals surface area contributed by atoms with Crippen molar-refractivity contribution in [3.8, 4) is 23.0 Å². The molecule has 8 nitrogen and oxygen atoms in total. The van der Waals surface area contributed by atoms with Crippen LogP contribution in [0.4, 0.5) is 0 Å². The highest BCUT2D eigenvalue weighted by molar-refractivity contribution is 6.32. The van der Waals surface area contributed by atoms with Crippen LogP contribution >= 0.6 is 11.6 Å². The lowest BCUT2D eigenvalue weighted by atomic mass is 9.97. The highest BCUT2D eigenvalue weighted by Gasteiger charge is 2.26. The van der Waals surface area contributed by atoms with Gasteiger partial charge in [-0.3, -0.25) is 9.59 Å². The van der Waals surface area contributed by atoms with Gasteiger partial charge >= 0.3 is 0 Å². The third kappa shape index (κ3) is 6.12. The number of nitrogens with zero attached hydrogens (tertiary/aromatic N) is 2. The van der Waals surface area contributed by atoms with Crippen LogP contribution in [0.25, 0.3) is 5.57 Å². The van der Waals surface area contributed by atoms with Gasteiger partial charge in [-0.1, -0.05) is 41.9 Å². The first kappa shape index (κ1) is 27.9. The molecule has 0 bridgehead atoms. The van der Waals surface area contributed by atoms with Gasteiger partial charge in [-0.2, -0.15) is 0 Å². The lowest BCUT2D eigenvalue weighted by Crippen LogP contribution is -2.50. The maximum Gasteiger partial charge on any atom is 0.254 e. The first-order valence-electron chi connectivity index (χ1n) is 12.4. The average molecular weight is 551 g/mol. The molecule has 0 N–H and O–H groups in total. The molecule has 0 spiro atoms. The average Bonchev–Trinajstić information content (AvgIpc) is 2.99. The summed E-state index contributed by atoms with van der Waals surface area (Å²) in [6.07, 6.45) is 1.60. The number of carbonyl (C=O) groups is 2. The van der Waals surface area contributed by atoms with E-state index in [1.165, 1.54) is 21.3 Å². The highest BCUT2D eigenvalue weighted by Crippen LogP contribution is 2.38. The molecule has 2 amide bonds. The molecular formula is C30H31ClN2O6. The van der Waals surface area contributed by atoms with Gasteiger partial charge in [0.1, 0.15) is 5.75 Å². The van der Waals surface area contributed by atoms with E-state index in [4.69, 9.17) is 30.5 Å². The third-order valence-corrected chi connectivity index (χ3v) is 6.93. The molecule has 1 aliphatic heterocycles. The number of carbonyl (C=O) groups excluding carboxylic acids is 2. The number of piperazine rings is 1. The molecule has 1 aliphatic rings. The van der Waals surface area contributed by atoms with Crippen LogP contribution < -0.4 is 18.9 Å². The van der Waals surface area contributed by atoms with Gasteiger partial charge in [-0.15, -0.1) is 0 Å². The molecule has 0 unspecified atom stereocenters. The Kier molecular flexibility index (Phi) is 8.99. The van der Waals surface area contributed by atoms with Crippen molar-refractivity contribution in [3.63, 3.8) is 0 Å². The standard InChI is InChI=1S/C30H31ClN2O6/c1-36-22-9-7-8-20(16-22)24(23-10-5-6-11-25(23)31)19-28(34)32-12-14-33(15-13-32)30(35)21-17-26(37-2)29(39-4)27(18-21)38-3/h5-11,16-19H,12-15H2,1-4H3. The predicted octanol–water partition coefficient (Wildman–Crippen LogP) is 4.79. The van der Waals surface area contributed by atoms with Crippen LogP contribution in [0, 0.1) is 0 Å². The molecule has 0 saturated carbocycles. The van der Waals surface area contributed by atoms with Crippen molar-refractivity contribution in [2.75, 3.05) is 54.6 Å². The Labute approximate surface area is 233 Å². The molecule has 0 atom stereocenters. The van der Waals surface area contributed by atoms with Crippen molar-refractivity contribution in [1.29, 1.82) is 0 Å². The maximum atomic E-state index is 13.4.